The molecule has 41 heavy (non-hydrogen) atoms. The zero-order valence-corrected chi connectivity index (χ0v) is 22.2. The molecule has 0 aliphatic carbocycles. The van der Waals surface area contributed by atoms with Crippen LogP contribution in [0.4, 0.5) is 17.5 Å². The molecule has 2 aromatic carbocycles. The van der Waals surface area contributed by atoms with Crippen molar-refractivity contribution in [2.45, 2.75) is 0 Å². The summed E-state index contributed by atoms with van der Waals surface area (Å²) in [5, 5.41) is 15.5. The molecule has 0 aliphatic rings. The zero-order chi connectivity index (χ0) is 27.6. The lowest BCUT2D eigenvalue weighted by Crippen LogP contribution is -2.11. The van der Waals surface area contributed by atoms with E-state index in [0.717, 1.165) is 33.2 Å². The van der Waals surface area contributed by atoms with E-state index in [1.807, 2.05) is 82.7 Å². The number of H-pyrrole nitrogens is 1. The number of benzene rings is 2. The highest BCUT2D eigenvalue weighted by molar-refractivity contribution is 7.15. The van der Waals surface area contributed by atoms with Crippen molar-refractivity contribution in [3.63, 3.8) is 0 Å². The first-order chi connectivity index (χ1) is 20.2. The maximum absolute atomic E-state index is 12.8. The van der Waals surface area contributed by atoms with Gasteiger partial charge in [-0.3, -0.25) is 19.3 Å². The van der Waals surface area contributed by atoms with Gasteiger partial charge in [0.25, 0.3) is 5.91 Å². The average molecular weight is 556 g/mol. The minimum absolute atomic E-state index is 0.175. The highest BCUT2D eigenvalue weighted by Crippen LogP contribution is 2.35. The summed E-state index contributed by atoms with van der Waals surface area (Å²) in [4.78, 5) is 31.9. The Morgan fingerprint density at radius 1 is 0.878 bits per heavy atom. The van der Waals surface area contributed by atoms with E-state index in [1.54, 1.807) is 30.7 Å². The Labute approximate surface area is 237 Å². The number of imidazole rings is 1. The number of nitrogens with one attached hydrogen (secondary N) is 3. The van der Waals surface area contributed by atoms with Crippen LogP contribution in [0.3, 0.4) is 0 Å². The molecule has 10 nitrogen and oxygen atoms in total. The van der Waals surface area contributed by atoms with Crippen LogP contribution in [0.25, 0.3) is 38.9 Å². The summed E-state index contributed by atoms with van der Waals surface area (Å²) >= 11 is 1.54. The Bertz CT molecular complexity index is 1980. The van der Waals surface area contributed by atoms with E-state index < -0.39 is 0 Å². The van der Waals surface area contributed by atoms with E-state index >= 15 is 0 Å². The molecule has 0 saturated carbocycles. The van der Waals surface area contributed by atoms with E-state index in [1.165, 1.54) is 11.3 Å². The number of carbonyl (C=O) groups is 1. The van der Waals surface area contributed by atoms with Crippen LogP contribution in [0.1, 0.15) is 10.4 Å². The third kappa shape index (κ3) is 4.92. The summed E-state index contributed by atoms with van der Waals surface area (Å²) in [5.74, 6) is 0.881. The zero-order valence-electron chi connectivity index (χ0n) is 21.4. The van der Waals surface area contributed by atoms with Gasteiger partial charge in [-0.2, -0.15) is 5.10 Å². The molecule has 198 valence electrons. The van der Waals surface area contributed by atoms with Gasteiger partial charge in [0.05, 0.1) is 17.1 Å². The lowest BCUT2D eigenvalue weighted by Gasteiger charge is -2.09. The maximum atomic E-state index is 12.8. The molecule has 7 aromatic rings. The van der Waals surface area contributed by atoms with E-state index in [-0.39, 0.29) is 5.91 Å². The SMILES string of the molecule is O=C(Nc1cccc(-c2nc3sccn3c2-c2ccnc(Nc3cc(-c4cccnc4)n[nH]3)n2)c1)c1ccccc1. The first-order valence-electron chi connectivity index (χ1n) is 12.7. The molecule has 3 N–H and O–H groups in total. The number of hydrogen-bond acceptors (Lipinski definition) is 8. The lowest BCUT2D eigenvalue weighted by molar-refractivity contribution is 0.102. The Balaban J connectivity index is 1.21. The summed E-state index contributed by atoms with van der Waals surface area (Å²) in [5.41, 5.74) is 6.03. The molecule has 5 heterocycles. The Morgan fingerprint density at radius 3 is 2.66 bits per heavy atom. The molecule has 0 bridgehead atoms. The number of hydrogen-bond donors (Lipinski definition) is 3. The van der Waals surface area contributed by atoms with Gasteiger partial charge in [0, 0.05) is 58.6 Å². The highest BCUT2D eigenvalue weighted by Gasteiger charge is 2.19. The number of pyridine rings is 1. The second kappa shape index (κ2) is 10.5. The first kappa shape index (κ1) is 24.4. The van der Waals surface area contributed by atoms with Crippen LogP contribution in [-0.2, 0) is 0 Å². The second-order valence-corrected chi connectivity index (χ2v) is 9.94. The van der Waals surface area contributed by atoms with Crippen LogP contribution in [0, 0.1) is 0 Å². The quantitative estimate of drug-likeness (QED) is 0.211. The molecular formula is C30H21N9OS. The van der Waals surface area contributed by atoms with Crippen LogP contribution in [0.2, 0.25) is 0 Å². The summed E-state index contributed by atoms with van der Waals surface area (Å²) in [7, 11) is 0. The highest BCUT2D eigenvalue weighted by atomic mass is 32.1. The monoisotopic (exact) mass is 555 g/mol. The fourth-order valence-corrected chi connectivity index (χ4v) is 5.20. The number of anilines is 3. The van der Waals surface area contributed by atoms with Crippen LogP contribution in [0.5, 0.6) is 0 Å². The molecule has 5 aromatic heterocycles. The smallest absolute Gasteiger partial charge is 0.255 e. The second-order valence-electron chi connectivity index (χ2n) is 9.06. The number of nitrogens with zero attached hydrogens (tertiary/aromatic N) is 6. The first-order valence-corrected chi connectivity index (χ1v) is 13.6. The molecule has 1 amide bonds. The molecule has 0 saturated heterocycles. The van der Waals surface area contributed by atoms with Crippen molar-refractivity contribution >= 4 is 39.7 Å². The number of aromatic nitrogens is 7. The van der Waals surface area contributed by atoms with Crippen molar-refractivity contribution in [2.24, 2.45) is 0 Å². The van der Waals surface area contributed by atoms with Gasteiger partial charge in [0.15, 0.2) is 4.96 Å². The van der Waals surface area contributed by atoms with Crippen LogP contribution >= 0.6 is 11.3 Å². The maximum Gasteiger partial charge on any atom is 0.255 e. The van der Waals surface area contributed by atoms with Gasteiger partial charge in [0.2, 0.25) is 5.95 Å². The summed E-state index contributed by atoms with van der Waals surface area (Å²) < 4.78 is 2.01. The van der Waals surface area contributed by atoms with Crippen molar-refractivity contribution in [2.75, 3.05) is 10.6 Å². The van der Waals surface area contributed by atoms with Gasteiger partial charge in [-0.25, -0.2) is 15.0 Å². The molecule has 7 rings (SSSR count). The Hall–Kier alpha value is -5.68. The fourth-order valence-electron chi connectivity index (χ4n) is 4.49. The van der Waals surface area contributed by atoms with Gasteiger partial charge in [-0.1, -0.05) is 30.3 Å². The van der Waals surface area contributed by atoms with E-state index in [9.17, 15) is 4.79 Å². The van der Waals surface area contributed by atoms with Crippen molar-refractivity contribution in [1.82, 2.24) is 34.5 Å². The molecule has 0 aliphatic heterocycles. The predicted octanol–water partition coefficient (Wildman–Crippen LogP) is 6.30. The topological polar surface area (TPSA) is 126 Å². The molecular weight excluding hydrogens is 534 g/mol. The molecule has 0 atom stereocenters. The molecule has 0 fully saturated rings. The number of amides is 1. The van der Waals surface area contributed by atoms with Gasteiger partial charge >= 0.3 is 0 Å². The minimum Gasteiger partial charge on any atom is -0.322 e. The summed E-state index contributed by atoms with van der Waals surface area (Å²) in [6.45, 7) is 0. The van der Waals surface area contributed by atoms with Gasteiger partial charge in [-0.05, 0) is 42.5 Å². The van der Waals surface area contributed by atoms with E-state index in [0.29, 0.717) is 28.7 Å². The third-order valence-corrected chi connectivity index (χ3v) is 7.13. The molecule has 0 spiro atoms. The molecule has 11 heteroatoms. The third-order valence-electron chi connectivity index (χ3n) is 6.37. The van der Waals surface area contributed by atoms with Crippen molar-refractivity contribution in [1.29, 1.82) is 0 Å². The van der Waals surface area contributed by atoms with Crippen molar-refractivity contribution in [3.8, 4) is 33.9 Å². The Kier molecular flexibility index (Phi) is 6.22. The number of aromatic amines is 1. The molecule has 0 unspecified atom stereocenters. The summed E-state index contributed by atoms with van der Waals surface area (Å²) in [6, 6.07) is 24.3. The van der Waals surface area contributed by atoms with Crippen molar-refractivity contribution < 1.29 is 4.79 Å². The number of fused-ring (bicyclic) bond motifs is 1. The van der Waals surface area contributed by atoms with E-state index in [2.05, 4.69) is 30.8 Å². The average Bonchev–Trinajstić information content (AvgIpc) is 3.75. The minimum atomic E-state index is -0.175. The van der Waals surface area contributed by atoms with Gasteiger partial charge < -0.3 is 10.6 Å². The number of thiazole rings is 1. The normalized spacial score (nSPS) is 11.0. The van der Waals surface area contributed by atoms with Crippen LogP contribution in [-0.4, -0.2) is 40.4 Å². The van der Waals surface area contributed by atoms with Crippen LogP contribution in [0.15, 0.2) is 109 Å². The van der Waals surface area contributed by atoms with E-state index in [4.69, 9.17) is 9.97 Å². The summed E-state index contributed by atoms with van der Waals surface area (Å²) in [6.07, 6.45) is 7.15. The number of rotatable bonds is 7. The van der Waals surface area contributed by atoms with Gasteiger partial charge in [0.1, 0.15) is 11.5 Å². The lowest BCUT2D eigenvalue weighted by atomic mass is 10.1. The predicted molar refractivity (Wildman–Crippen MR) is 159 cm³/mol. The van der Waals surface area contributed by atoms with Crippen molar-refractivity contribution in [3.05, 3.63) is 115 Å². The van der Waals surface area contributed by atoms with Crippen LogP contribution < -0.4 is 10.6 Å². The number of carbonyl (C=O) groups excluding carboxylic acids is 1. The molecule has 0 radical (unpaired) electrons. The largest absolute Gasteiger partial charge is 0.322 e. The fraction of sp³-hybridized carbons (Fsp3) is 0. The Morgan fingerprint density at radius 2 is 1.78 bits per heavy atom. The standard InChI is InChI=1S/C30H21N9OS/c40-28(19-6-2-1-3-7-19)33-22-10-4-8-20(16-22)26-27(39-14-15-41-30(39)36-26)23-11-13-32-29(34-23)35-25-17-24(37-38-25)21-9-5-12-31-18-21/h1-18H,(H,33,40)(H2,32,34,35,37,38). The van der Waals surface area contributed by atoms with Gasteiger partial charge in [-0.15, -0.1) is 11.3 Å².